The molecule has 0 amide bonds. The summed E-state index contributed by atoms with van der Waals surface area (Å²) in [6.45, 7) is 1.91. The van der Waals surface area contributed by atoms with E-state index < -0.39 is 18.7 Å². The normalized spacial score (nSPS) is 19.4. The highest BCUT2D eigenvalue weighted by Crippen LogP contribution is 2.38. The number of likely N-dealkylation sites (tertiary alicyclic amines) is 1. The van der Waals surface area contributed by atoms with Crippen molar-refractivity contribution in [2.24, 2.45) is 0 Å². The maximum Gasteiger partial charge on any atom is 0.401 e. The predicted molar refractivity (Wildman–Crippen MR) is 123 cm³/mol. The number of aromatic carboxylic acids is 1. The van der Waals surface area contributed by atoms with E-state index >= 15 is 0 Å². The number of carbonyl (C=O) groups is 1. The summed E-state index contributed by atoms with van der Waals surface area (Å²) in [6.07, 6.45) is -1.55. The first-order valence-corrected chi connectivity index (χ1v) is 11.2. The minimum Gasteiger partial charge on any atom is -0.496 e. The molecule has 1 aromatic heterocycles. The third-order valence-corrected chi connectivity index (χ3v) is 6.55. The van der Waals surface area contributed by atoms with Crippen molar-refractivity contribution >= 4 is 16.9 Å². The molecular weight excluding hydrogens is 447 g/mol. The summed E-state index contributed by atoms with van der Waals surface area (Å²) in [6, 6.07) is 9.92. The van der Waals surface area contributed by atoms with Crippen LogP contribution in [0.3, 0.4) is 0 Å². The maximum atomic E-state index is 12.8. The Balaban J connectivity index is 1.70. The van der Waals surface area contributed by atoms with Gasteiger partial charge in [0.1, 0.15) is 5.75 Å². The van der Waals surface area contributed by atoms with Crippen LogP contribution in [0.1, 0.15) is 45.9 Å². The van der Waals surface area contributed by atoms with Gasteiger partial charge >= 0.3 is 12.1 Å². The molecule has 0 radical (unpaired) electrons. The Bertz CT molecular complexity index is 1180. The molecule has 0 bridgehead atoms. The van der Waals surface area contributed by atoms with Crippen LogP contribution in [0.4, 0.5) is 13.2 Å². The highest BCUT2D eigenvalue weighted by molar-refractivity contribution is 5.90. The van der Waals surface area contributed by atoms with Crippen molar-refractivity contribution < 1.29 is 27.8 Å². The number of hydrogen-bond acceptors (Lipinski definition) is 4. The summed E-state index contributed by atoms with van der Waals surface area (Å²) >= 11 is 0. The molecule has 0 unspecified atom stereocenters. The number of nitrogens with one attached hydrogen (secondary N) is 2. The van der Waals surface area contributed by atoms with Crippen molar-refractivity contribution in [1.82, 2.24) is 15.2 Å². The fourth-order valence-electron chi connectivity index (χ4n) is 4.94. The van der Waals surface area contributed by atoms with Crippen LogP contribution in [-0.2, 0) is 6.54 Å². The number of carboxylic acids is 1. The summed E-state index contributed by atoms with van der Waals surface area (Å²) in [4.78, 5) is 17.3. The summed E-state index contributed by atoms with van der Waals surface area (Å²) in [5, 5.41) is 13.4. The van der Waals surface area contributed by atoms with Crippen molar-refractivity contribution in [2.75, 3.05) is 20.2 Å². The number of aryl methyl sites for hydroxylation is 1. The number of rotatable bonds is 7. The molecule has 2 atom stereocenters. The Kier molecular flexibility index (Phi) is 6.86. The Labute approximate surface area is 195 Å². The predicted octanol–water partition coefficient (Wildman–Crippen LogP) is 5.04. The number of benzene rings is 2. The molecule has 1 fully saturated rings. The number of piperidine rings is 1. The molecule has 9 heteroatoms. The van der Waals surface area contributed by atoms with Crippen molar-refractivity contribution in [3.05, 3.63) is 64.8 Å². The van der Waals surface area contributed by atoms with E-state index in [1.807, 2.05) is 25.3 Å². The molecule has 6 nitrogen and oxygen atoms in total. The van der Waals surface area contributed by atoms with E-state index in [1.165, 1.54) is 0 Å². The lowest BCUT2D eigenvalue weighted by atomic mass is 9.88. The highest BCUT2D eigenvalue weighted by Gasteiger charge is 2.35. The lowest BCUT2D eigenvalue weighted by Crippen LogP contribution is -2.46. The number of carboxylic acid groups (broad SMARTS) is 1. The minimum absolute atomic E-state index is 0.164. The number of alkyl halides is 3. The van der Waals surface area contributed by atoms with Crippen LogP contribution in [0.15, 0.2) is 42.6 Å². The molecule has 1 aliphatic rings. The van der Waals surface area contributed by atoms with Gasteiger partial charge in [0, 0.05) is 47.8 Å². The Morgan fingerprint density at radius 3 is 2.76 bits per heavy atom. The van der Waals surface area contributed by atoms with E-state index in [0.29, 0.717) is 31.5 Å². The first kappa shape index (κ1) is 24.1. The van der Waals surface area contributed by atoms with Gasteiger partial charge in [-0.2, -0.15) is 13.2 Å². The first-order chi connectivity index (χ1) is 16.2. The number of halogens is 3. The summed E-state index contributed by atoms with van der Waals surface area (Å²) in [5.74, 6) is -0.325. The largest absolute Gasteiger partial charge is 0.496 e. The van der Waals surface area contributed by atoms with Gasteiger partial charge in [-0.05, 0) is 49.1 Å². The molecule has 3 aromatic rings. The fraction of sp³-hybridized carbons (Fsp3) is 0.400. The van der Waals surface area contributed by atoms with Crippen LogP contribution in [0.5, 0.6) is 5.75 Å². The van der Waals surface area contributed by atoms with E-state index in [2.05, 4.69) is 15.2 Å². The van der Waals surface area contributed by atoms with E-state index in [9.17, 15) is 23.1 Å². The van der Waals surface area contributed by atoms with Crippen LogP contribution in [0.2, 0.25) is 0 Å². The fourth-order valence-corrected chi connectivity index (χ4v) is 4.94. The average molecular weight is 476 g/mol. The summed E-state index contributed by atoms with van der Waals surface area (Å²) < 4.78 is 44.2. The second kappa shape index (κ2) is 9.68. The van der Waals surface area contributed by atoms with Gasteiger partial charge in [-0.25, -0.2) is 4.79 Å². The Morgan fingerprint density at radius 2 is 2.06 bits per heavy atom. The molecule has 34 heavy (non-hydrogen) atoms. The second-order valence-corrected chi connectivity index (χ2v) is 8.74. The van der Waals surface area contributed by atoms with E-state index in [-0.39, 0.29) is 17.6 Å². The topological polar surface area (TPSA) is 77.6 Å². The van der Waals surface area contributed by atoms with Gasteiger partial charge in [0.05, 0.1) is 19.2 Å². The molecule has 1 aliphatic heterocycles. The Hall–Kier alpha value is -3.04. The van der Waals surface area contributed by atoms with Crippen molar-refractivity contribution in [2.45, 2.75) is 44.6 Å². The van der Waals surface area contributed by atoms with Crippen molar-refractivity contribution in [3.8, 4) is 5.75 Å². The third kappa shape index (κ3) is 5.05. The van der Waals surface area contributed by atoms with Gasteiger partial charge in [-0.1, -0.05) is 18.2 Å². The number of nitrogens with zero attached hydrogens (tertiary/aromatic N) is 1. The molecule has 3 N–H and O–H groups in total. The zero-order valence-electron chi connectivity index (χ0n) is 19.1. The van der Waals surface area contributed by atoms with Crippen LogP contribution in [-0.4, -0.2) is 53.4 Å². The average Bonchev–Trinajstić information content (AvgIpc) is 3.30. The van der Waals surface area contributed by atoms with Gasteiger partial charge < -0.3 is 20.1 Å². The quantitative estimate of drug-likeness (QED) is 0.446. The number of methoxy groups -OCH3 is 1. The summed E-state index contributed by atoms with van der Waals surface area (Å²) in [5.41, 5.74) is 3.77. The van der Waals surface area contributed by atoms with Gasteiger partial charge in [-0.3, -0.25) is 4.90 Å². The number of aromatic nitrogens is 1. The molecule has 2 heterocycles. The van der Waals surface area contributed by atoms with Crippen LogP contribution in [0.25, 0.3) is 10.9 Å². The third-order valence-electron chi connectivity index (χ3n) is 6.55. The number of ether oxygens (including phenoxy) is 1. The van der Waals surface area contributed by atoms with Gasteiger partial charge in [0.25, 0.3) is 0 Å². The molecule has 0 spiro atoms. The smallest absolute Gasteiger partial charge is 0.401 e. The number of fused-ring (bicyclic) bond motifs is 1. The zero-order valence-corrected chi connectivity index (χ0v) is 19.1. The van der Waals surface area contributed by atoms with E-state index in [0.717, 1.165) is 27.8 Å². The monoisotopic (exact) mass is 475 g/mol. The van der Waals surface area contributed by atoms with E-state index in [4.69, 9.17) is 4.74 Å². The zero-order chi connectivity index (χ0) is 24.5. The lowest BCUT2D eigenvalue weighted by molar-refractivity contribution is -0.127. The van der Waals surface area contributed by atoms with E-state index in [1.54, 1.807) is 31.4 Å². The minimum atomic E-state index is -4.30. The van der Waals surface area contributed by atoms with Crippen LogP contribution >= 0.6 is 0 Å². The van der Waals surface area contributed by atoms with Gasteiger partial charge in [0.2, 0.25) is 0 Å². The molecule has 4 rings (SSSR count). The molecule has 0 saturated carbocycles. The summed E-state index contributed by atoms with van der Waals surface area (Å²) in [7, 11) is 1.61. The molecule has 0 aliphatic carbocycles. The van der Waals surface area contributed by atoms with Gasteiger partial charge in [-0.15, -0.1) is 0 Å². The molecule has 2 aromatic carbocycles. The standard InChI is InChI=1S/C25H28F3N3O3/c1-15-11-22(34-2)20(18-7-9-29-23(15)18)13-31-10-8-16(30-14-25(26,27)28)12-21(31)17-5-3-4-6-19(17)24(32)33/h3-7,9,11,16,21,29-30H,8,10,12-14H2,1-2H3,(H,32,33)/t16-,21-/m1/s1. The number of aromatic amines is 1. The Morgan fingerprint density at radius 1 is 1.29 bits per heavy atom. The lowest BCUT2D eigenvalue weighted by Gasteiger charge is -2.41. The first-order valence-electron chi connectivity index (χ1n) is 11.2. The maximum absolute atomic E-state index is 12.8. The molecule has 1 saturated heterocycles. The van der Waals surface area contributed by atoms with Crippen molar-refractivity contribution in [3.63, 3.8) is 0 Å². The molecular formula is C25H28F3N3O3. The van der Waals surface area contributed by atoms with Crippen molar-refractivity contribution in [1.29, 1.82) is 0 Å². The highest BCUT2D eigenvalue weighted by atomic mass is 19.4. The van der Waals surface area contributed by atoms with Crippen LogP contribution in [0, 0.1) is 6.92 Å². The number of hydrogen-bond donors (Lipinski definition) is 3. The number of H-pyrrole nitrogens is 1. The van der Waals surface area contributed by atoms with Gasteiger partial charge in [0.15, 0.2) is 0 Å². The SMILES string of the molecule is COc1cc(C)c2[nH]ccc2c1CN1CC[C@@H](NCC(F)(F)F)C[C@@H]1c1ccccc1C(=O)O. The van der Waals surface area contributed by atoms with Crippen LogP contribution < -0.4 is 10.1 Å². The molecule has 182 valence electrons. The second-order valence-electron chi connectivity index (χ2n) is 8.74.